The normalized spacial score (nSPS) is 13.4. The van der Waals surface area contributed by atoms with Crippen molar-refractivity contribution in [1.29, 1.82) is 0 Å². The molecule has 0 spiro atoms. The molecule has 0 aromatic carbocycles. The van der Waals surface area contributed by atoms with Gasteiger partial charge >= 0.3 is 0 Å². The van der Waals surface area contributed by atoms with Gasteiger partial charge in [-0.1, -0.05) is 69.2 Å². The van der Waals surface area contributed by atoms with Crippen LogP contribution in [0.4, 0.5) is 0 Å². The van der Waals surface area contributed by atoms with Crippen molar-refractivity contribution in [3.63, 3.8) is 0 Å². The Kier molecular flexibility index (Phi) is 15.3. The second-order valence-electron chi connectivity index (χ2n) is 9.36. The van der Waals surface area contributed by atoms with Crippen molar-refractivity contribution < 1.29 is 0 Å². The molecule has 0 saturated carbocycles. The van der Waals surface area contributed by atoms with E-state index in [1.165, 1.54) is 82.6 Å². The van der Waals surface area contributed by atoms with Gasteiger partial charge < -0.3 is 13.4 Å². The molecule has 0 bridgehead atoms. The minimum atomic E-state index is -1.72. The quantitative estimate of drug-likeness (QED) is 0.208. The molecule has 0 aliphatic heterocycles. The Morgan fingerprint density at radius 2 is 0.793 bits per heavy atom. The van der Waals surface area contributed by atoms with Crippen LogP contribution < -0.4 is 0 Å². The lowest BCUT2D eigenvalue weighted by Gasteiger charge is -2.59. The molecule has 0 aromatic rings. The molecular weight excluding hydrogens is 386 g/mol. The monoisotopic (exact) mass is 443 g/mol. The smallest absolute Gasteiger partial charge is 0.200 e. The standard InChI is InChI=1S/C24H57N3Si2/c1-11-19-25(20-12-2)28(15-5,16-6)27(23-24(9)10)29(17-7,18-8)26(21-13-3)22-14-4/h24H,11-23H2,1-10H3. The second-order valence-corrected chi connectivity index (χ2v) is 18.9. The third-order valence-electron chi connectivity index (χ3n) is 6.97. The highest BCUT2D eigenvalue weighted by Gasteiger charge is 2.53. The summed E-state index contributed by atoms with van der Waals surface area (Å²) in [4.78, 5) is 0. The van der Waals surface area contributed by atoms with Gasteiger partial charge in [-0.25, -0.2) is 0 Å². The third kappa shape index (κ3) is 7.16. The molecule has 0 aromatic heterocycles. The maximum Gasteiger partial charge on any atom is 0.200 e. The fraction of sp³-hybridized carbons (Fsp3) is 1.00. The van der Waals surface area contributed by atoms with Crippen LogP contribution in [-0.2, 0) is 0 Å². The number of nitrogens with zero attached hydrogens (tertiary/aromatic N) is 3. The average Bonchev–Trinajstić information content (AvgIpc) is 2.70. The summed E-state index contributed by atoms with van der Waals surface area (Å²) in [6.07, 6.45) is 5.13. The van der Waals surface area contributed by atoms with E-state index in [2.05, 4.69) is 82.6 Å². The zero-order valence-corrected chi connectivity index (χ0v) is 24.1. The van der Waals surface area contributed by atoms with E-state index < -0.39 is 16.8 Å². The first-order valence-electron chi connectivity index (χ1n) is 13.1. The Hall–Kier alpha value is 0.314. The van der Waals surface area contributed by atoms with Crippen LogP contribution in [0.2, 0.25) is 24.2 Å². The third-order valence-corrected chi connectivity index (χ3v) is 19.6. The molecule has 176 valence electrons. The first-order valence-corrected chi connectivity index (χ1v) is 17.7. The largest absolute Gasteiger partial charge is 0.321 e. The van der Waals surface area contributed by atoms with Crippen molar-refractivity contribution in [2.45, 2.75) is 119 Å². The summed E-state index contributed by atoms with van der Waals surface area (Å²) in [7, 11) is -3.44. The van der Waals surface area contributed by atoms with E-state index in [0.717, 1.165) is 5.92 Å². The fourth-order valence-electron chi connectivity index (χ4n) is 5.73. The van der Waals surface area contributed by atoms with Gasteiger partial charge in [0, 0.05) is 0 Å². The lowest BCUT2D eigenvalue weighted by atomic mass is 10.2. The van der Waals surface area contributed by atoms with Crippen molar-refractivity contribution in [1.82, 2.24) is 13.4 Å². The fourth-order valence-corrected chi connectivity index (χ4v) is 20.5. The van der Waals surface area contributed by atoms with Gasteiger partial charge in [0.15, 0.2) is 0 Å². The van der Waals surface area contributed by atoms with E-state index in [1.54, 1.807) is 0 Å². The van der Waals surface area contributed by atoms with E-state index in [4.69, 9.17) is 0 Å². The Labute approximate surface area is 187 Å². The molecule has 0 unspecified atom stereocenters. The predicted molar refractivity (Wildman–Crippen MR) is 139 cm³/mol. The summed E-state index contributed by atoms with van der Waals surface area (Å²) >= 11 is 0. The number of hydrogen-bond acceptors (Lipinski definition) is 3. The Morgan fingerprint density at radius 3 is 0.966 bits per heavy atom. The van der Waals surface area contributed by atoms with Crippen LogP contribution in [0.3, 0.4) is 0 Å². The highest BCUT2D eigenvalue weighted by Crippen LogP contribution is 2.37. The van der Waals surface area contributed by atoms with Crippen LogP contribution in [0.1, 0.15) is 94.9 Å². The van der Waals surface area contributed by atoms with Crippen LogP contribution in [0, 0.1) is 5.92 Å². The molecule has 0 fully saturated rings. The summed E-state index contributed by atoms with van der Waals surface area (Å²) in [5, 5.41) is 0. The summed E-state index contributed by atoms with van der Waals surface area (Å²) in [5.74, 6) is 0.736. The molecule has 0 aliphatic carbocycles. The molecular formula is C24H57N3Si2. The van der Waals surface area contributed by atoms with Gasteiger partial charge in [0.2, 0.25) is 16.8 Å². The minimum absolute atomic E-state index is 0.736. The average molecular weight is 444 g/mol. The van der Waals surface area contributed by atoms with E-state index in [9.17, 15) is 0 Å². The predicted octanol–water partition coefficient (Wildman–Crippen LogP) is 7.15. The summed E-state index contributed by atoms with van der Waals surface area (Å²) in [6, 6.07) is 5.49. The first-order chi connectivity index (χ1) is 13.8. The Morgan fingerprint density at radius 1 is 0.517 bits per heavy atom. The summed E-state index contributed by atoms with van der Waals surface area (Å²) < 4.78 is 9.33. The lowest BCUT2D eigenvalue weighted by molar-refractivity contribution is 0.313. The van der Waals surface area contributed by atoms with E-state index in [1.807, 2.05) is 0 Å². The maximum atomic E-state index is 3.28. The molecule has 3 nitrogen and oxygen atoms in total. The second kappa shape index (κ2) is 15.2. The molecule has 0 saturated heterocycles. The first kappa shape index (κ1) is 29.3. The molecule has 0 amide bonds. The van der Waals surface area contributed by atoms with Crippen LogP contribution >= 0.6 is 0 Å². The van der Waals surface area contributed by atoms with Gasteiger partial charge in [0.05, 0.1) is 0 Å². The van der Waals surface area contributed by atoms with Gasteiger partial charge in [-0.05, 0) is 88.5 Å². The highest BCUT2D eigenvalue weighted by molar-refractivity contribution is 6.90. The van der Waals surface area contributed by atoms with Gasteiger partial charge in [-0.3, -0.25) is 0 Å². The Bertz CT molecular complexity index is 352. The van der Waals surface area contributed by atoms with Crippen LogP contribution in [0.25, 0.3) is 0 Å². The van der Waals surface area contributed by atoms with E-state index in [-0.39, 0.29) is 0 Å². The van der Waals surface area contributed by atoms with Crippen molar-refractivity contribution in [3.8, 4) is 0 Å². The van der Waals surface area contributed by atoms with Gasteiger partial charge in [0.1, 0.15) is 0 Å². The summed E-state index contributed by atoms with van der Waals surface area (Å²) in [6.45, 7) is 31.0. The lowest BCUT2D eigenvalue weighted by Crippen LogP contribution is -2.78. The number of hydrogen-bond donors (Lipinski definition) is 0. The van der Waals surface area contributed by atoms with Gasteiger partial charge in [-0.2, -0.15) is 0 Å². The topological polar surface area (TPSA) is 9.72 Å². The van der Waals surface area contributed by atoms with Crippen molar-refractivity contribution in [3.05, 3.63) is 0 Å². The molecule has 5 heteroatoms. The van der Waals surface area contributed by atoms with Crippen molar-refractivity contribution >= 4 is 16.8 Å². The zero-order valence-electron chi connectivity index (χ0n) is 22.1. The molecule has 0 N–H and O–H groups in total. The zero-order chi connectivity index (χ0) is 22.5. The molecule has 0 rings (SSSR count). The number of rotatable bonds is 18. The minimum Gasteiger partial charge on any atom is -0.321 e. The summed E-state index contributed by atoms with van der Waals surface area (Å²) in [5.41, 5.74) is 0. The molecule has 0 aliphatic rings. The van der Waals surface area contributed by atoms with E-state index >= 15 is 0 Å². The molecule has 0 atom stereocenters. The van der Waals surface area contributed by atoms with Gasteiger partial charge in [-0.15, -0.1) is 0 Å². The van der Waals surface area contributed by atoms with Crippen LogP contribution in [0.5, 0.6) is 0 Å². The maximum absolute atomic E-state index is 3.28. The van der Waals surface area contributed by atoms with Crippen LogP contribution in [-0.4, -0.2) is 62.9 Å². The SMILES string of the molecule is CCCN(CCC)[Si](CC)(CC)N(CC(C)C)[Si](CC)(CC)N(CCC)CCC. The van der Waals surface area contributed by atoms with Crippen molar-refractivity contribution in [2.24, 2.45) is 5.92 Å². The van der Waals surface area contributed by atoms with E-state index in [0.29, 0.717) is 0 Å². The van der Waals surface area contributed by atoms with Crippen LogP contribution in [0.15, 0.2) is 0 Å². The van der Waals surface area contributed by atoms with Gasteiger partial charge in [0.25, 0.3) is 0 Å². The van der Waals surface area contributed by atoms with Crippen molar-refractivity contribution in [2.75, 3.05) is 32.7 Å². The highest BCUT2D eigenvalue weighted by atomic mass is 28.4. The molecule has 0 heterocycles. The Balaban J connectivity index is 6.68. The molecule has 29 heavy (non-hydrogen) atoms. The molecule has 0 radical (unpaired) electrons.